The number of amides is 2. The van der Waals surface area contributed by atoms with E-state index in [1.807, 2.05) is 59.5 Å². The highest BCUT2D eigenvalue weighted by Crippen LogP contribution is 2.41. The number of alkyl halides is 1. The van der Waals surface area contributed by atoms with Crippen LogP contribution in [0.2, 0.25) is 0 Å². The van der Waals surface area contributed by atoms with E-state index >= 15 is 0 Å². The van der Waals surface area contributed by atoms with Gasteiger partial charge in [-0.3, -0.25) is 9.59 Å². The quantitative estimate of drug-likeness (QED) is 0.535. The molecule has 3 atom stereocenters. The first-order valence-corrected chi connectivity index (χ1v) is 13.9. The molecular formula is C30H42FN3O2. The zero-order chi connectivity index (χ0) is 25.3. The minimum absolute atomic E-state index is 0.0783. The van der Waals surface area contributed by atoms with Crippen molar-refractivity contribution < 1.29 is 14.0 Å². The van der Waals surface area contributed by atoms with E-state index in [0.29, 0.717) is 12.5 Å². The molecule has 3 fully saturated rings. The molecular weight excluding hydrogens is 453 g/mol. The monoisotopic (exact) mass is 495 g/mol. The van der Waals surface area contributed by atoms with Crippen molar-refractivity contribution in [2.75, 3.05) is 18.5 Å². The summed E-state index contributed by atoms with van der Waals surface area (Å²) in [6, 6.07) is 16.4. The standard InChI is InChI=1S/C30H42FN3O2/c31-21-27(32)23-15-17-24(18-16-23)30(36)34-20-19-26(22-11-7-6-8-12-22)28(34)29(35)33-25-13-9-4-2-1-3-5-10-14-25/h1-5,9-10,13-14,22-24,26-28H,6-8,11-12,15-21,32H2,(H,33,35)/t23-,24-,26-,27+,28-/m0/s1. The van der Waals surface area contributed by atoms with Gasteiger partial charge in [0.25, 0.3) is 0 Å². The summed E-state index contributed by atoms with van der Waals surface area (Å²) in [4.78, 5) is 29.4. The fraction of sp³-hybridized carbons (Fsp3) is 0.600. The third-order valence-corrected chi connectivity index (χ3v) is 8.64. The third kappa shape index (κ3) is 6.64. The Balaban J connectivity index is 1.52. The Morgan fingerprint density at radius 2 is 1.50 bits per heavy atom. The first-order valence-electron chi connectivity index (χ1n) is 13.9. The molecule has 5 nitrogen and oxygen atoms in total. The molecule has 4 rings (SSSR count). The van der Waals surface area contributed by atoms with Gasteiger partial charge in [0.15, 0.2) is 0 Å². The molecule has 1 aromatic rings. The van der Waals surface area contributed by atoms with Gasteiger partial charge in [0.1, 0.15) is 12.7 Å². The van der Waals surface area contributed by atoms with Crippen molar-refractivity contribution in [3.8, 4) is 0 Å². The highest BCUT2D eigenvalue weighted by atomic mass is 19.1. The minimum atomic E-state index is -0.508. The Kier molecular flexibility index (Phi) is 9.74. The number of carbonyl (C=O) groups is 2. The van der Waals surface area contributed by atoms with Crippen LogP contribution < -0.4 is 11.1 Å². The Bertz CT molecular complexity index is 901. The SMILES string of the molecule is N[C@H](CF)[C@H]1CC[C@H](C(=O)N2CC[C@@H](C3CCCCC3)[C@H]2C(=O)Nc2ccccccccc2)CC1. The normalized spacial score (nSPS) is 27.7. The van der Waals surface area contributed by atoms with Crippen LogP contribution in [-0.4, -0.2) is 42.0 Å². The first-order chi connectivity index (χ1) is 17.6. The van der Waals surface area contributed by atoms with Crippen LogP contribution in [0.1, 0.15) is 64.2 Å². The van der Waals surface area contributed by atoms with Crippen molar-refractivity contribution in [1.29, 1.82) is 0 Å². The molecule has 2 saturated carbocycles. The van der Waals surface area contributed by atoms with Crippen LogP contribution in [-0.2, 0) is 9.59 Å². The predicted octanol–water partition coefficient (Wildman–Crippen LogP) is 5.65. The van der Waals surface area contributed by atoms with Gasteiger partial charge in [0.05, 0.1) is 0 Å². The molecule has 3 N–H and O–H groups in total. The summed E-state index contributed by atoms with van der Waals surface area (Å²) < 4.78 is 13.1. The van der Waals surface area contributed by atoms with E-state index in [4.69, 9.17) is 5.73 Å². The minimum Gasteiger partial charge on any atom is -0.330 e. The lowest BCUT2D eigenvalue weighted by Gasteiger charge is -2.36. The van der Waals surface area contributed by atoms with E-state index in [0.717, 1.165) is 50.6 Å². The van der Waals surface area contributed by atoms with Crippen LogP contribution in [0, 0.1) is 23.7 Å². The molecule has 3 aliphatic rings. The van der Waals surface area contributed by atoms with Crippen LogP contribution in [0.25, 0.3) is 0 Å². The summed E-state index contributed by atoms with van der Waals surface area (Å²) in [5, 5.41) is 3.14. The van der Waals surface area contributed by atoms with Crippen LogP contribution in [0.5, 0.6) is 0 Å². The van der Waals surface area contributed by atoms with Crippen LogP contribution in [0.15, 0.2) is 54.6 Å². The molecule has 1 aliphatic heterocycles. The molecule has 1 aromatic carbocycles. The lowest BCUT2D eigenvalue weighted by atomic mass is 9.76. The van der Waals surface area contributed by atoms with Crippen LogP contribution >= 0.6 is 0 Å². The molecule has 196 valence electrons. The number of likely N-dealkylation sites (tertiary alicyclic amines) is 1. The maximum absolute atomic E-state index is 13.8. The third-order valence-electron chi connectivity index (χ3n) is 8.64. The van der Waals surface area contributed by atoms with Crippen molar-refractivity contribution in [2.24, 2.45) is 29.4 Å². The average molecular weight is 496 g/mol. The lowest BCUT2D eigenvalue weighted by Crippen LogP contribution is -2.50. The van der Waals surface area contributed by atoms with Gasteiger partial charge in [-0.2, -0.15) is 0 Å². The smallest absolute Gasteiger partial charge is 0.247 e. The van der Waals surface area contributed by atoms with E-state index < -0.39 is 18.8 Å². The van der Waals surface area contributed by atoms with Gasteiger partial charge in [0.2, 0.25) is 11.8 Å². The van der Waals surface area contributed by atoms with Gasteiger partial charge < -0.3 is 16.0 Å². The highest BCUT2D eigenvalue weighted by molar-refractivity contribution is 5.98. The zero-order valence-electron chi connectivity index (χ0n) is 21.4. The number of nitrogens with zero attached hydrogens (tertiary/aromatic N) is 1. The molecule has 0 bridgehead atoms. The summed E-state index contributed by atoms with van der Waals surface area (Å²) in [5.41, 5.74) is 6.66. The van der Waals surface area contributed by atoms with Crippen molar-refractivity contribution in [3.63, 3.8) is 0 Å². The Hall–Kier alpha value is -2.47. The average Bonchev–Trinajstić information content (AvgIpc) is 3.37. The molecule has 0 unspecified atom stereocenters. The Morgan fingerprint density at radius 1 is 0.889 bits per heavy atom. The Morgan fingerprint density at radius 3 is 2.11 bits per heavy atom. The summed E-state index contributed by atoms with van der Waals surface area (Å²) in [6.07, 6.45) is 9.88. The topological polar surface area (TPSA) is 75.4 Å². The van der Waals surface area contributed by atoms with Crippen LogP contribution in [0.3, 0.4) is 0 Å². The van der Waals surface area contributed by atoms with Gasteiger partial charge in [-0.05, 0) is 62.0 Å². The first kappa shape index (κ1) is 26.6. The fourth-order valence-electron chi connectivity index (χ4n) is 6.60. The van der Waals surface area contributed by atoms with Gasteiger partial charge >= 0.3 is 0 Å². The van der Waals surface area contributed by atoms with Crippen LogP contribution in [0.4, 0.5) is 10.1 Å². The maximum Gasteiger partial charge on any atom is 0.247 e. The molecule has 0 radical (unpaired) electrons. The second-order valence-corrected chi connectivity index (χ2v) is 10.9. The number of hydrogen-bond donors (Lipinski definition) is 2. The number of anilines is 1. The lowest BCUT2D eigenvalue weighted by molar-refractivity contribution is -0.142. The van der Waals surface area contributed by atoms with Gasteiger partial charge in [-0.15, -0.1) is 0 Å². The number of rotatable bonds is 6. The van der Waals surface area contributed by atoms with E-state index in [9.17, 15) is 14.0 Å². The highest BCUT2D eigenvalue weighted by Gasteiger charge is 2.46. The van der Waals surface area contributed by atoms with Gasteiger partial charge in [0, 0.05) is 24.2 Å². The number of nitrogens with one attached hydrogen (secondary N) is 1. The van der Waals surface area contributed by atoms with Gasteiger partial charge in [-0.25, -0.2) is 4.39 Å². The summed E-state index contributed by atoms with van der Waals surface area (Å²) >= 11 is 0. The zero-order valence-corrected chi connectivity index (χ0v) is 21.4. The number of halogens is 1. The maximum atomic E-state index is 13.8. The molecule has 2 aliphatic carbocycles. The number of nitrogens with two attached hydrogens (primary N) is 1. The van der Waals surface area contributed by atoms with Crippen molar-refractivity contribution in [1.82, 2.24) is 4.90 Å². The summed E-state index contributed by atoms with van der Waals surface area (Å²) in [5.74, 6) is 0.769. The number of hydrogen-bond acceptors (Lipinski definition) is 3. The molecule has 6 heteroatoms. The molecule has 0 spiro atoms. The van der Waals surface area contributed by atoms with E-state index in [-0.39, 0.29) is 29.6 Å². The molecule has 1 heterocycles. The molecule has 36 heavy (non-hydrogen) atoms. The number of carbonyl (C=O) groups excluding carboxylic acids is 2. The van der Waals surface area contributed by atoms with Crippen molar-refractivity contribution in [3.05, 3.63) is 54.6 Å². The molecule has 1 saturated heterocycles. The van der Waals surface area contributed by atoms with E-state index in [2.05, 4.69) is 5.32 Å². The second kappa shape index (κ2) is 13.2. The predicted molar refractivity (Wildman–Crippen MR) is 142 cm³/mol. The van der Waals surface area contributed by atoms with Gasteiger partial charge in [-0.1, -0.05) is 74.6 Å². The fourth-order valence-corrected chi connectivity index (χ4v) is 6.60. The van der Waals surface area contributed by atoms with E-state index in [1.165, 1.54) is 19.3 Å². The largest absolute Gasteiger partial charge is 0.330 e. The molecule has 0 aromatic heterocycles. The summed E-state index contributed by atoms with van der Waals surface area (Å²) in [7, 11) is 0. The Labute approximate surface area is 215 Å². The molecule has 2 amide bonds. The second-order valence-electron chi connectivity index (χ2n) is 10.9. The van der Waals surface area contributed by atoms with E-state index in [1.54, 1.807) is 0 Å². The van der Waals surface area contributed by atoms with Crippen molar-refractivity contribution >= 4 is 17.5 Å². The van der Waals surface area contributed by atoms with Crippen molar-refractivity contribution in [2.45, 2.75) is 76.3 Å². The summed E-state index contributed by atoms with van der Waals surface area (Å²) in [6.45, 7) is 0.136.